The maximum atomic E-state index is 15.1. The number of benzene rings is 5. The number of unbranched alkanes of at least 4 members (excludes halogenated alkanes) is 1. The van der Waals surface area contributed by atoms with Crippen molar-refractivity contribution in [2.45, 2.75) is 64.4 Å². The first-order valence-electron chi connectivity index (χ1n) is 26.4. The minimum atomic E-state index is -3.93. The van der Waals surface area contributed by atoms with Crippen LogP contribution in [0.2, 0.25) is 10.0 Å². The second kappa shape index (κ2) is 26.3. The number of halogens is 2. The van der Waals surface area contributed by atoms with Crippen molar-refractivity contribution < 1.29 is 41.9 Å². The molecule has 0 aliphatic rings. The van der Waals surface area contributed by atoms with Gasteiger partial charge in [0.2, 0.25) is 10.0 Å². The van der Waals surface area contributed by atoms with E-state index in [1.165, 1.54) is 52.2 Å². The Morgan fingerprint density at radius 1 is 0.699 bits per heavy atom. The van der Waals surface area contributed by atoms with E-state index in [-0.39, 0.29) is 45.7 Å². The fourth-order valence-electron chi connectivity index (χ4n) is 9.25. The average molecular weight is 1180 g/mol. The molecule has 22 heteroatoms. The summed E-state index contributed by atoms with van der Waals surface area (Å²) in [5.74, 6) is -3.81. The van der Waals surface area contributed by atoms with Gasteiger partial charge in [0, 0.05) is 60.4 Å². The van der Waals surface area contributed by atoms with Gasteiger partial charge in [-0.2, -0.15) is 5.10 Å². The molecule has 0 bridgehead atoms. The third kappa shape index (κ3) is 13.4. The zero-order valence-electron chi connectivity index (χ0n) is 46.4. The molecular weight excluding hydrogens is 1120 g/mol. The number of aryl methyl sites for hydroxylation is 3. The summed E-state index contributed by atoms with van der Waals surface area (Å²) in [6, 6.07) is 34.6. The summed E-state index contributed by atoms with van der Waals surface area (Å²) in [5.41, 5.74) is 6.03. The van der Waals surface area contributed by atoms with E-state index in [2.05, 4.69) is 30.8 Å². The van der Waals surface area contributed by atoms with Crippen molar-refractivity contribution in [3.8, 4) is 11.3 Å². The van der Waals surface area contributed by atoms with E-state index in [9.17, 15) is 32.4 Å². The first-order valence-corrected chi connectivity index (χ1v) is 28.6. The molecule has 19 nitrogen and oxygen atoms in total. The fourth-order valence-corrected chi connectivity index (χ4v) is 10.8. The van der Waals surface area contributed by atoms with E-state index < -0.39 is 57.4 Å². The van der Waals surface area contributed by atoms with Gasteiger partial charge in [0.25, 0.3) is 17.7 Å². The van der Waals surface area contributed by atoms with Gasteiger partial charge < -0.3 is 34.4 Å². The van der Waals surface area contributed by atoms with Crippen LogP contribution >= 0.6 is 23.2 Å². The molecular formula is C61H60Cl2N10O9S. The number of nitrogens with zero attached hydrogens (tertiary/aromatic N) is 6. The van der Waals surface area contributed by atoms with Gasteiger partial charge in [-0.25, -0.2) is 22.9 Å². The zero-order valence-corrected chi connectivity index (χ0v) is 48.8. The van der Waals surface area contributed by atoms with E-state index in [0.29, 0.717) is 39.5 Å². The third-order valence-corrected chi connectivity index (χ3v) is 15.8. The van der Waals surface area contributed by atoms with E-state index in [1.54, 1.807) is 80.6 Å². The quantitative estimate of drug-likeness (QED) is 0.0242. The lowest BCUT2D eigenvalue weighted by atomic mass is 9.96. The van der Waals surface area contributed by atoms with Gasteiger partial charge >= 0.3 is 5.97 Å². The van der Waals surface area contributed by atoms with Crippen LogP contribution in [-0.4, -0.2) is 85.3 Å². The highest BCUT2D eigenvalue weighted by atomic mass is 35.5. The summed E-state index contributed by atoms with van der Waals surface area (Å²) in [5, 5.41) is 13.3. The number of esters is 1. The predicted molar refractivity (Wildman–Crippen MR) is 320 cm³/mol. The number of ketones is 2. The van der Waals surface area contributed by atoms with E-state index >= 15 is 4.79 Å². The predicted octanol–water partition coefficient (Wildman–Crippen LogP) is 11.1. The number of rotatable bonds is 20. The van der Waals surface area contributed by atoms with Crippen molar-refractivity contribution >= 4 is 96.4 Å². The number of Topliss-reactive ketones (excluding diaryl/α,β-unsaturated/α-hetero) is 2. The molecule has 0 saturated carbocycles. The van der Waals surface area contributed by atoms with Gasteiger partial charge in [0.15, 0.2) is 29.3 Å². The first-order chi connectivity index (χ1) is 39.7. The lowest BCUT2D eigenvalue weighted by molar-refractivity contribution is -0.119. The number of amides is 3. The Hall–Kier alpha value is -8.95. The Balaban J connectivity index is 0.000000242. The molecule has 9 rings (SSSR count). The lowest BCUT2D eigenvalue weighted by Crippen LogP contribution is -2.35. The van der Waals surface area contributed by atoms with Crippen molar-refractivity contribution in [3.05, 3.63) is 202 Å². The van der Waals surface area contributed by atoms with Gasteiger partial charge in [-0.15, -0.1) is 0 Å². The van der Waals surface area contributed by atoms with Crippen molar-refractivity contribution in [3.63, 3.8) is 0 Å². The number of hydrogen-bond donors (Lipinski definition) is 4. The van der Waals surface area contributed by atoms with Gasteiger partial charge in [0.1, 0.15) is 5.69 Å². The highest BCUT2D eigenvalue weighted by Gasteiger charge is 2.38. The minimum Gasteiger partial charge on any atom is -0.461 e. The molecule has 0 spiro atoms. The Morgan fingerprint density at radius 3 is 2.05 bits per heavy atom. The Labute approximate surface area is 489 Å². The number of hydrogen-bond acceptors (Lipinski definition) is 11. The summed E-state index contributed by atoms with van der Waals surface area (Å²) in [6.07, 6.45) is 5.37. The number of imidazole rings is 1. The summed E-state index contributed by atoms with van der Waals surface area (Å²) in [7, 11) is -0.251. The number of fused-ring (bicyclic) bond motifs is 1. The van der Waals surface area contributed by atoms with Crippen LogP contribution in [-0.2, 0) is 38.4 Å². The van der Waals surface area contributed by atoms with Crippen molar-refractivity contribution in [2.24, 2.45) is 14.1 Å². The molecule has 0 aliphatic heterocycles. The molecule has 0 aliphatic carbocycles. The normalized spacial score (nSPS) is 12.0. The van der Waals surface area contributed by atoms with Crippen LogP contribution < -0.4 is 20.7 Å². The molecule has 2 atom stereocenters. The maximum Gasteiger partial charge on any atom is 0.358 e. The number of aromatic nitrogens is 6. The second-order valence-corrected chi connectivity index (χ2v) is 21.9. The number of carbonyl (C=O) groups excluding carboxylic acids is 6. The molecule has 2 unspecified atom stereocenters. The molecule has 428 valence electrons. The summed E-state index contributed by atoms with van der Waals surface area (Å²) < 4.78 is 39.8. The van der Waals surface area contributed by atoms with Crippen molar-refractivity contribution in [1.82, 2.24) is 33.2 Å². The molecule has 4 heterocycles. The molecule has 83 heavy (non-hydrogen) atoms. The molecule has 5 aromatic carbocycles. The average Bonchev–Trinajstić information content (AvgIpc) is 2.69. The molecule has 4 N–H and O–H groups in total. The highest BCUT2D eigenvalue weighted by molar-refractivity contribution is 7.89. The number of ether oxygens (including phenoxy) is 1. The molecule has 0 radical (unpaired) electrons. The monoisotopic (exact) mass is 1180 g/mol. The number of para-hydroxylation sites is 2. The van der Waals surface area contributed by atoms with Crippen LogP contribution in [0.1, 0.15) is 97.4 Å². The molecule has 3 amide bonds. The van der Waals surface area contributed by atoms with Crippen LogP contribution in [0.5, 0.6) is 0 Å². The number of nitrogens with one attached hydrogen (secondary N) is 4. The van der Waals surface area contributed by atoms with Crippen LogP contribution in [0, 0.1) is 20.8 Å². The van der Waals surface area contributed by atoms with Gasteiger partial charge in [-0.05, 0) is 106 Å². The Bertz CT molecular complexity index is 4020. The van der Waals surface area contributed by atoms with E-state index in [4.69, 9.17) is 27.9 Å². The first kappa shape index (κ1) is 60.2. The largest absolute Gasteiger partial charge is 0.461 e. The maximum absolute atomic E-state index is 15.1. The van der Waals surface area contributed by atoms with E-state index in [1.807, 2.05) is 86.5 Å². The van der Waals surface area contributed by atoms with Crippen LogP contribution in [0.4, 0.5) is 17.1 Å². The molecule has 9 aromatic rings. The van der Waals surface area contributed by atoms with Crippen LogP contribution in [0.25, 0.3) is 22.2 Å². The third-order valence-electron chi connectivity index (χ3n) is 13.7. The topological polar surface area (TPSA) is 239 Å². The summed E-state index contributed by atoms with van der Waals surface area (Å²) in [6.45, 7) is 9.61. The number of anilines is 3. The number of carbonyl (C=O) groups is 6. The van der Waals surface area contributed by atoms with Gasteiger partial charge in [-0.3, -0.25) is 28.7 Å². The second-order valence-electron chi connectivity index (χ2n) is 19.3. The minimum absolute atomic E-state index is 0.00628. The number of sulfonamides is 1. The van der Waals surface area contributed by atoms with Crippen molar-refractivity contribution in [2.75, 3.05) is 29.1 Å². The Kier molecular flexibility index (Phi) is 19.1. The van der Waals surface area contributed by atoms with E-state index in [0.717, 1.165) is 34.5 Å². The Morgan fingerprint density at radius 2 is 1.37 bits per heavy atom. The SMILES string of the molecule is CCCCNS(=O)(=O)c1ccc(Cl)c(NC(=O)C(C(=O)c2c(-c3ccccc3)n(C)c3ccccc23)n2cncc2C(=O)Nc2ccccc2)c1.CCOC(=O)c1ccn(C(C(=O)Nc2ccc(C)cc2Cl)C(=O)c2cc(C)n(C)c2C)n1. The molecule has 4 aromatic heterocycles. The van der Waals surface area contributed by atoms with Crippen molar-refractivity contribution in [1.29, 1.82) is 0 Å². The standard InChI is InChI=1S/C38H35ClN6O5S.C23H25ClN4O4/c1-3-4-21-41-51(49,50)27-19-20-29(39)30(22-27)43-38(48)35(45-24-40-23-32(45)37(47)42-26-15-9-6-10-16-26)36(46)33-28-17-11-12-18-31(28)44(2)34(33)25-13-7-5-8-14-25;1-6-32-23(31)19-9-10-28(26-19)20(21(29)16-12-14(3)27(5)15(16)4)22(30)25-18-8-7-13(2)11-17(18)24/h5-20,22-24,35,41H,3-4,21H2,1-2H3,(H,42,47)(H,43,48);7-12,20H,6H2,1-5H3,(H,25,30). The molecule has 0 saturated heterocycles. The summed E-state index contributed by atoms with van der Waals surface area (Å²) >= 11 is 12.8. The van der Waals surface area contributed by atoms with Gasteiger partial charge in [0.05, 0.1) is 56.7 Å². The summed E-state index contributed by atoms with van der Waals surface area (Å²) in [4.78, 5) is 86.2. The van der Waals surface area contributed by atoms with Gasteiger partial charge in [-0.1, -0.05) is 109 Å². The smallest absolute Gasteiger partial charge is 0.358 e. The highest BCUT2D eigenvalue weighted by Crippen LogP contribution is 2.37. The zero-order chi connectivity index (χ0) is 59.7. The van der Waals surface area contributed by atoms with Crippen LogP contribution in [0.3, 0.4) is 0 Å². The van der Waals surface area contributed by atoms with Crippen LogP contribution in [0.15, 0.2) is 157 Å². The lowest BCUT2D eigenvalue weighted by Gasteiger charge is -2.21. The molecule has 0 fully saturated rings. The fraction of sp³-hybridized carbons (Fsp3) is 0.213.